The van der Waals surface area contributed by atoms with Gasteiger partial charge in [0, 0.05) is 18.7 Å². The predicted octanol–water partition coefficient (Wildman–Crippen LogP) is 3.47. The number of methoxy groups -OCH3 is 2. The summed E-state index contributed by atoms with van der Waals surface area (Å²) in [5, 5.41) is 11.1. The molecule has 0 aromatic heterocycles. The summed E-state index contributed by atoms with van der Waals surface area (Å²) in [5.74, 6) is -0.465. The van der Waals surface area contributed by atoms with Crippen LogP contribution in [0.2, 0.25) is 0 Å². The molecule has 7 nitrogen and oxygen atoms in total. The molecule has 3 rings (SSSR count). The van der Waals surface area contributed by atoms with Gasteiger partial charge in [-0.25, -0.2) is 0 Å². The topological polar surface area (TPSA) is 79.3 Å². The van der Waals surface area contributed by atoms with Crippen LogP contribution in [0.1, 0.15) is 31.0 Å². The molecule has 1 saturated heterocycles. The minimum Gasteiger partial charge on any atom is -0.507 e. The summed E-state index contributed by atoms with van der Waals surface area (Å²) < 4.78 is 10.8. The first-order valence-electron chi connectivity index (χ1n) is 10.7. The molecule has 2 aromatic carbocycles. The molecule has 0 radical (unpaired) electrons. The number of nitrogens with zero attached hydrogens (tertiary/aromatic N) is 2. The monoisotopic (exact) mass is 438 g/mol. The predicted molar refractivity (Wildman–Crippen MR) is 123 cm³/mol. The Morgan fingerprint density at radius 3 is 2.25 bits per heavy atom. The molecule has 0 saturated carbocycles. The zero-order valence-electron chi connectivity index (χ0n) is 19.0. The van der Waals surface area contributed by atoms with E-state index in [1.165, 1.54) is 12.0 Å². The minimum absolute atomic E-state index is 0.0768. The van der Waals surface area contributed by atoms with Crippen molar-refractivity contribution in [2.75, 3.05) is 40.4 Å². The maximum Gasteiger partial charge on any atom is 0.295 e. The van der Waals surface area contributed by atoms with Gasteiger partial charge in [-0.15, -0.1) is 0 Å². The van der Waals surface area contributed by atoms with Crippen molar-refractivity contribution in [3.05, 3.63) is 65.2 Å². The minimum atomic E-state index is -0.731. The van der Waals surface area contributed by atoms with E-state index in [4.69, 9.17) is 9.47 Å². The molecule has 1 fully saturated rings. The third kappa shape index (κ3) is 4.48. The normalized spacial score (nSPS) is 17.8. The Labute approximate surface area is 188 Å². The van der Waals surface area contributed by atoms with Gasteiger partial charge in [-0.05, 0) is 30.8 Å². The van der Waals surface area contributed by atoms with E-state index in [9.17, 15) is 14.7 Å². The lowest BCUT2D eigenvalue weighted by atomic mass is 9.95. The zero-order valence-corrected chi connectivity index (χ0v) is 19.0. The number of aliphatic hydroxyl groups is 1. The number of rotatable bonds is 9. The van der Waals surface area contributed by atoms with Gasteiger partial charge in [-0.3, -0.25) is 9.59 Å². The molecule has 170 valence electrons. The molecule has 1 N–H and O–H groups in total. The Hall–Kier alpha value is -3.32. The van der Waals surface area contributed by atoms with Crippen LogP contribution >= 0.6 is 0 Å². The van der Waals surface area contributed by atoms with Crippen molar-refractivity contribution in [2.45, 2.75) is 19.9 Å². The van der Waals surface area contributed by atoms with E-state index in [2.05, 4.69) is 18.7 Å². The number of aliphatic hydroxyl groups excluding tert-OH is 1. The van der Waals surface area contributed by atoms with Gasteiger partial charge < -0.3 is 24.4 Å². The van der Waals surface area contributed by atoms with Gasteiger partial charge in [-0.1, -0.05) is 50.2 Å². The zero-order chi connectivity index (χ0) is 23.3. The van der Waals surface area contributed by atoms with Gasteiger partial charge in [0.05, 0.1) is 25.8 Å². The van der Waals surface area contributed by atoms with Crippen LogP contribution in [0.4, 0.5) is 0 Å². The third-order valence-corrected chi connectivity index (χ3v) is 5.86. The van der Waals surface area contributed by atoms with E-state index >= 15 is 0 Å². The second-order valence-corrected chi connectivity index (χ2v) is 7.50. The Balaban J connectivity index is 2.13. The van der Waals surface area contributed by atoms with E-state index in [0.717, 1.165) is 13.1 Å². The Morgan fingerprint density at radius 1 is 1.00 bits per heavy atom. The lowest BCUT2D eigenvalue weighted by Crippen LogP contribution is -2.38. The Kier molecular flexibility index (Phi) is 7.53. The molecule has 1 unspecified atom stereocenters. The second kappa shape index (κ2) is 10.3. The molecule has 32 heavy (non-hydrogen) atoms. The lowest BCUT2D eigenvalue weighted by molar-refractivity contribution is -0.140. The smallest absolute Gasteiger partial charge is 0.295 e. The molecule has 1 heterocycles. The number of carbonyl (C=O) groups is 2. The van der Waals surface area contributed by atoms with Crippen LogP contribution in [0.3, 0.4) is 0 Å². The second-order valence-electron chi connectivity index (χ2n) is 7.50. The first-order chi connectivity index (χ1) is 15.5. The van der Waals surface area contributed by atoms with Gasteiger partial charge in [-0.2, -0.15) is 0 Å². The lowest BCUT2D eigenvalue weighted by Gasteiger charge is -2.28. The number of Topliss-reactive ketones (excluding diaryl/α,β-unsaturated/α-hetero) is 1. The number of likely N-dealkylation sites (tertiary alicyclic amines) is 1. The average molecular weight is 439 g/mol. The summed E-state index contributed by atoms with van der Waals surface area (Å²) in [6.45, 7) is 6.76. The first-order valence-corrected chi connectivity index (χ1v) is 10.7. The van der Waals surface area contributed by atoms with Crippen molar-refractivity contribution in [3.8, 4) is 11.5 Å². The fourth-order valence-corrected chi connectivity index (χ4v) is 4.02. The molecule has 0 aliphatic carbocycles. The van der Waals surface area contributed by atoms with Gasteiger partial charge in [0.15, 0.2) is 11.5 Å². The van der Waals surface area contributed by atoms with Crippen molar-refractivity contribution in [2.24, 2.45) is 0 Å². The van der Waals surface area contributed by atoms with Crippen molar-refractivity contribution >= 4 is 17.4 Å². The van der Waals surface area contributed by atoms with Gasteiger partial charge in [0.25, 0.3) is 11.7 Å². The number of ether oxygens (including phenoxy) is 2. The van der Waals surface area contributed by atoms with Crippen LogP contribution in [0.15, 0.2) is 54.1 Å². The van der Waals surface area contributed by atoms with Gasteiger partial charge in [0.1, 0.15) is 5.76 Å². The summed E-state index contributed by atoms with van der Waals surface area (Å²) >= 11 is 0. The van der Waals surface area contributed by atoms with E-state index in [-0.39, 0.29) is 11.3 Å². The molecular weight excluding hydrogens is 408 g/mol. The number of amides is 1. The van der Waals surface area contributed by atoms with Crippen molar-refractivity contribution in [3.63, 3.8) is 0 Å². The standard InChI is InChI=1S/C25H30N2O5/c1-5-26(6-2)14-15-27-22(18-12-13-19(31-3)20(16-18)32-4)21(24(29)25(27)30)23(28)17-10-8-7-9-11-17/h7-13,16,22,28H,5-6,14-15H2,1-4H3. The molecule has 0 spiro atoms. The van der Waals surface area contributed by atoms with Crippen LogP contribution in [-0.4, -0.2) is 67.0 Å². The molecule has 7 heteroatoms. The van der Waals surface area contributed by atoms with E-state index in [0.29, 0.717) is 35.7 Å². The number of hydrogen-bond acceptors (Lipinski definition) is 6. The average Bonchev–Trinajstić information content (AvgIpc) is 3.09. The maximum atomic E-state index is 13.1. The molecule has 1 aliphatic heterocycles. The van der Waals surface area contributed by atoms with Gasteiger partial charge >= 0.3 is 0 Å². The number of likely N-dealkylation sites (N-methyl/N-ethyl adjacent to an activating group) is 1. The number of hydrogen-bond donors (Lipinski definition) is 1. The number of carbonyl (C=O) groups excluding carboxylic acids is 2. The van der Waals surface area contributed by atoms with E-state index in [1.807, 2.05) is 6.07 Å². The highest BCUT2D eigenvalue weighted by atomic mass is 16.5. The summed E-state index contributed by atoms with van der Waals surface area (Å²) in [6, 6.07) is 13.3. The van der Waals surface area contributed by atoms with E-state index in [1.54, 1.807) is 49.6 Å². The highest BCUT2D eigenvalue weighted by Crippen LogP contribution is 2.41. The summed E-state index contributed by atoms with van der Waals surface area (Å²) in [4.78, 5) is 29.9. The van der Waals surface area contributed by atoms with Crippen molar-refractivity contribution in [1.29, 1.82) is 0 Å². The van der Waals surface area contributed by atoms with Crippen LogP contribution in [-0.2, 0) is 9.59 Å². The molecule has 2 aromatic rings. The fourth-order valence-electron chi connectivity index (χ4n) is 4.02. The number of benzene rings is 2. The third-order valence-electron chi connectivity index (χ3n) is 5.86. The molecule has 1 amide bonds. The summed E-state index contributed by atoms with van der Waals surface area (Å²) in [6.07, 6.45) is 0. The van der Waals surface area contributed by atoms with E-state index < -0.39 is 17.7 Å². The summed E-state index contributed by atoms with van der Waals surface area (Å²) in [7, 11) is 3.08. The quantitative estimate of drug-likeness (QED) is 0.367. The van der Waals surface area contributed by atoms with Crippen LogP contribution in [0.25, 0.3) is 5.76 Å². The van der Waals surface area contributed by atoms with Crippen molar-refractivity contribution in [1.82, 2.24) is 9.80 Å². The highest BCUT2D eigenvalue weighted by Gasteiger charge is 2.46. The Morgan fingerprint density at radius 2 is 1.66 bits per heavy atom. The SMILES string of the molecule is CCN(CC)CCN1C(=O)C(=O)C(=C(O)c2ccccc2)C1c1ccc(OC)c(OC)c1. The fraction of sp³-hybridized carbons (Fsp3) is 0.360. The highest BCUT2D eigenvalue weighted by molar-refractivity contribution is 6.46. The van der Waals surface area contributed by atoms with Crippen LogP contribution in [0, 0.1) is 0 Å². The largest absolute Gasteiger partial charge is 0.507 e. The maximum absolute atomic E-state index is 13.1. The first kappa shape index (κ1) is 23.3. The molecule has 0 bridgehead atoms. The molecule has 1 atom stereocenters. The van der Waals surface area contributed by atoms with Crippen LogP contribution in [0.5, 0.6) is 11.5 Å². The van der Waals surface area contributed by atoms with Crippen LogP contribution < -0.4 is 9.47 Å². The Bertz CT molecular complexity index is 999. The van der Waals surface area contributed by atoms with Gasteiger partial charge in [0.2, 0.25) is 0 Å². The number of ketones is 1. The summed E-state index contributed by atoms with van der Waals surface area (Å²) in [5.41, 5.74) is 1.23. The van der Waals surface area contributed by atoms with Crippen molar-refractivity contribution < 1.29 is 24.2 Å². The molecule has 1 aliphatic rings. The molecular formula is C25H30N2O5.